The van der Waals surface area contributed by atoms with Crippen molar-refractivity contribution in [3.8, 4) is 5.75 Å². The summed E-state index contributed by atoms with van der Waals surface area (Å²) in [5, 5.41) is 6.54. The second-order valence-corrected chi connectivity index (χ2v) is 5.69. The molecule has 0 radical (unpaired) electrons. The molecular weight excluding hydrogens is 326 g/mol. The fourth-order valence-electron chi connectivity index (χ4n) is 2.02. The van der Waals surface area contributed by atoms with Crippen LogP contribution in [0.5, 0.6) is 5.75 Å². The second kappa shape index (κ2) is 9.52. The number of para-hydroxylation sites is 1. The Balaban J connectivity index is 1.67. The molecule has 1 aromatic heterocycles. The van der Waals surface area contributed by atoms with Crippen LogP contribution in [-0.4, -0.2) is 32.1 Å². The number of rotatable bonds is 8. The zero-order chi connectivity index (χ0) is 17.2. The van der Waals surface area contributed by atoms with Crippen LogP contribution in [-0.2, 0) is 20.7 Å². The van der Waals surface area contributed by atoms with Gasteiger partial charge in [0, 0.05) is 12.6 Å². The standard InChI is InChI=1S/C18H19NO4S/c1-22-16-5-3-2-4-15(16)8-10-19-17(20)12-23-18(21)7-6-14-9-11-24-13-14/h2-7,9,11,13H,8,10,12H2,1H3,(H,19,20)/b7-6+. The van der Waals surface area contributed by atoms with Crippen LogP contribution in [0.3, 0.4) is 0 Å². The van der Waals surface area contributed by atoms with Gasteiger partial charge in [0.15, 0.2) is 6.61 Å². The molecule has 1 heterocycles. The van der Waals surface area contributed by atoms with Gasteiger partial charge >= 0.3 is 5.97 Å². The van der Waals surface area contributed by atoms with E-state index in [4.69, 9.17) is 9.47 Å². The van der Waals surface area contributed by atoms with Crippen LogP contribution < -0.4 is 10.1 Å². The summed E-state index contributed by atoms with van der Waals surface area (Å²) >= 11 is 1.54. The summed E-state index contributed by atoms with van der Waals surface area (Å²) in [6, 6.07) is 9.52. The lowest BCUT2D eigenvalue weighted by molar-refractivity contribution is -0.143. The van der Waals surface area contributed by atoms with Crippen molar-refractivity contribution in [2.45, 2.75) is 6.42 Å². The topological polar surface area (TPSA) is 64.6 Å². The largest absolute Gasteiger partial charge is 0.496 e. The molecule has 2 aromatic rings. The van der Waals surface area contributed by atoms with Crippen molar-refractivity contribution in [3.63, 3.8) is 0 Å². The highest BCUT2D eigenvalue weighted by molar-refractivity contribution is 7.08. The molecule has 2 rings (SSSR count). The third kappa shape index (κ3) is 5.89. The Labute approximate surface area is 144 Å². The van der Waals surface area contributed by atoms with E-state index in [2.05, 4.69) is 5.32 Å². The van der Waals surface area contributed by atoms with E-state index < -0.39 is 5.97 Å². The first-order valence-corrected chi connectivity index (χ1v) is 8.39. The van der Waals surface area contributed by atoms with Crippen molar-refractivity contribution >= 4 is 29.3 Å². The van der Waals surface area contributed by atoms with E-state index in [9.17, 15) is 9.59 Å². The lowest BCUT2D eigenvalue weighted by Crippen LogP contribution is -2.30. The minimum atomic E-state index is -0.541. The Hall–Kier alpha value is -2.60. The summed E-state index contributed by atoms with van der Waals surface area (Å²) in [5.74, 6) is -0.0833. The molecule has 0 saturated carbocycles. The fraction of sp³-hybridized carbons (Fsp3) is 0.222. The Morgan fingerprint density at radius 1 is 1.25 bits per heavy atom. The molecule has 0 saturated heterocycles. The molecule has 1 aromatic carbocycles. The van der Waals surface area contributed by atoms with E-state index >= 15 is 0 Å². The molecule has 24 heavy (non-hydrogen) atoms. The summed E-state index contributed by atoms with van der Waals surface area (Å²) in [6.07, 6.45) is 3.60. The Morgan fingerprint density at radius 2 is 2.08 bits per heavy atom. The van der Waals surface area contributed by atoms with Gasteiger partial charge in [0.2, 0.25) is 0 Å². The Morgan fingerprint density at radius 3 is 2.83 bits per heavy atom. The molecule has 0 aliphatic carbocycles. The van der Waals surface area contributed by atoms with E-state index in [0.717, 1.165) is 16.9 Å². The van der Waals surface area contributed by atoms with Crippen LogP contribution in [0.1, 0.15) is 11.1 Å². The van der Waals surface area contributed by atoms with Crippen LogP contribution in [0.25, 0.3) is 6.08 Å². The minimum absolute atomic E-state index is 0.293. The number of ether oxygens (including phenoxy) is 2. The normalized spacial score (nSPS) is 10.5. The summed E-state index contributed by atoms with van der Waals surface area (Å²) in [5.41, 5.74) is 1.94. The van der Waals surface area contributed by atoms with Gasteiger partial charge in [0.05, 0.1) is 7.11 Å². The lowest BCUT2D eigenvalue weighted by Gasteiger charge is -2.09. The maximum atomic E-state index is 11.7. The maximum Gasteiger partial charge on any atom is 0.331 e. The highest BCUT2D eigenvalue weighted by Crippen LogP contribution is 2.17. The van der Waals surface area contributed by atoms with Gasteiger partial charge in [-0.1, -0.05) is 18.2 Å². The van der Waals surface area contributed by atoms with Gasteiger partial charge in [-0.05, 0) is 46.5 Å². The number of amides is 1. The first-order chi connectivity index (χ1) is 11.7. The van der Waals surface area contributed by atoms with E-state index in [1.807, 2.05) is 41.1 Å². The monoisotopic (exact) mass is 345 g/mol. The molecule has 5 nitrogen and oxygen atoms in total. The van der Waals surface area contributed by atoms with Crippen molar-refractivity contribution in [3.05, 3.63) is 58.3 Å². The summed E-state index contributed by atoms with van der Waals surface area (Å²) in [7, 11) is 1.61. The summed E-state index contributed by atoms with van der Waals surface area (Å²) in [4.78, 5) is 23.2. The highest BCUT2D eigenvalue weighted by Gasteiger charge is 2.06. The number of nitrogens with one attached hydrogen (secondary N) is 1. The molecule has 0 unspecified atom stereocenters. The average Bonchev–Trinajstić information content (AvgIpc) is 3.12. The average molecular weight is 345 g/mol. The molecule has 0 atom stereocenters. The van der Waals surface area contributed by atoms with Crippen LogP contribution >= 0.6 is 11.3 Å². The SMILES string of the molecule is COc1ccccc1CCNC(=O)COC(=O)/C=C/c1ccsc1. The molecule has 126 valence electrons. The molecular formula is C18H19NO4S. The second-order valence-electron chi connectivity index (χ2n) is 4.91. The zero-order valence-corrected chi connectivity index (χ0v) is 14.2. The van der Waals surface area contributed by atoms with Gasteiger partial charge in [0.25, 0.3) is 5.91 Å². The van der Waals surface area contributed by atoms with Crippen LogP contribution in [0.15, 0.2) is 47.2 Å². The van der Waals surface area contributed by atoms with Crippen LogP contribution in [0, 0.1) is 0 Å². The number of carbonyl (C=O) groups excluding carboxylic acids is 2. The van der Waals surface area contributed by atoms with Crippen LogP contribution in [0.4, 0.5) is 0 Å². The molecule has 6 heteroatoms. The van der Waals surface area contributed by atoms with Gasteiger partial charge < -0.3 is 14.8 Å². The van der Waals surface area contributed by atoms with Crippen LogP contribution in [0.2, 0.25) is 0 Å². The van der Waals surface area contributed by atoms with Crippen molar-refractivity contribution in [1.29, 1.82) is 0 Å². The number of benzene rings is 1. The number of esters is 1. The van der Waals surface area contributed by atoms with Gasteiger partial charge in [-0.3, -0.25) is 4.79 Å². The molecule has 0 spiro atoms. The molecule has 0 fully saturated rings. The van der Waals surface area contributed by atoms with Gasteiger partial charge in [0.1, 0.15) is 5.75 Å². The summed E-state index contributed by atoms with van der Waals surface area (Å²) < 4.78 is 10.1. The van der Waals surface area contributed by atoms with E-state index in [0.29, 0.717) is 13.0 Å². The highest BCUT2D eigenvalue weighted by atomic mass is 32.1. The van der Waals surface area contributed by atoms with E-state index in [1.54, 1.807) is 24.5 Å². The van der Waals surface area contributed by atoms with Crippen molar-refractivity contribution in [1.82, 2.24) is 5.32 Å². The third-order valence-corrected chi connectivity index (χ3v) is 3.91. The van der Waals surface area contributed by atoms with Crippen molar-refractivity contribution < 1.29 is 19.1 Å². The van der Waals surface area contributed by atoms with Crippen molar-refractivity contribution in [2.75, 3.05) is 20.3 Å². The summed E-state index contributed by atoms with van der Waals surface area (Å²) in [6.45, 7) is 0.153. The Kier molecular flexibility index (Phi) is 7.04. The quantitative estimate of drug-likeness (QED) is 0.590. The molecule has 0 bridgehead atoms. The predicted molar refractivity (Wildman–Crippen MR) is 94.0 cm³/mol. The predicted octanol–water partition coefficient (Wildman–Crippen LogP) is 2.67. The first-order valence-electron chi connectivity index (χ1n) is 7.44. The number of thiophene rings is 1. The van der Waals surface area contributed by atoms with Gasteiger partial charge in [-0.25, -0.2) is 4.79 Å². The van der Waals surface area contributed by atoms with E-state index in [-0.39, 0.29) is 12.5 Å². The fourth-order valence-corrected chi connectivity index (χ4v) is 2.64. The van der Waals surface area contributed by atoms with E-state index in [1.165, 1.54) is 6.08 Å². The Bertz CT molecular complexity index is 695. The molecule has 1 amide bonds. The third-order valence-electron chi connectivity index (χ3n) is 3.21. The number of carbonyl (C=O) groups is 2. The number of hydrogen-bond acceptors (Lipinski definition) is 5. The number of hydrogen-bond donors (Lipinski definition) is 1. The molecule has 0 aliphatic heterocycles. The maximum absolute atomic E-state index is 11.7. The number of methoxy groups -OCH3 is 1. The zero-order valence-electron chi connectivity index (χ0n) is 13.4. The van der Waals surface area contributed by atoms with Gasteiger partial charge in [-0.15, -0.1) is 0 Å². The van der Waals surface area contributed by atoms with Gasteiger partial charge in [-0.2, -0.15) is 11.3 Å². The minimum Gasteiger partial charge on any atom is -0.496 e. The molecule has 1 N–H and O–H groups in total. The first kappa shape index (κ1) is 17.7. The molecule has 0 aliphatic rings. The lowest BCUT2D eigenvalue weighted by atomic mass is 10.1. The van der Waals surface area contributed by atoms with Crippen molar-refractivity contribution in [2.24, 2.45) is 0 Å². The smallest absolute Gasteiger partial charge is 0.331 e.